The maximum Gasteiger partial charge on any atom is 0.244 e. The van der Waals surface area contributed by atoms with E-state index in [1.54, 1.807) is 11.3 Å². The fraction of sp³-hybridized carbons (Fsp3) is 0.667. The van der Waals surface area contributed by atoms with E-state index >= 15 is 0 Å². The molecule has 152 valence electrons. The van der Waals surface area contributed by atoms with Gasteiger partial charge in [0, 0.05) is 50.7 Å². The first-order valence-corrected chi connectivity index (χ1v) is 10.3. The topological polar surface area (TPSA) is 69.2 Å². The second-order valence-electron chi connectivity index (χ2n) is 6.51. The molecule has 0 saturated carbocycles. The first-order chi connectivity index (χ1) is 12.8. The van der Waals surface area contributed by atoms with Gasteiger partial charge in [-0.15, -0.1) is 35.3 Å². The van der Waals surface area contributed by atoms with E-state index in [2.05, 4.69) is 32.0 Å². The lowest BCUT2D eigenvalue weighted by atomic mass is 10.1. The maximum absolute atomic E-state index is 12.5. The van der Waals surface area contributed by atoms with Gasteiger partial charge in [0.05, 0.1) is 13.2 Å². The minimum absolute atomic E-state index is 0. The highest BCUT2D eigenvalue weighted by Gasteiger charge is 2.21. The average molecular weight is 507 g/mol. The Bertz CT molecular complexity index is 619. The number of carbonyl (C=O) groups is 1. The summed E-state index contributed by atoms with van der Waals surface area (Å²) in [7, 11) is 0. The summed E-state index contributed by atoms with van der Waals surface area (Å²) in [6.45, 7) is 9.85. The summed E-state index contributed by atoms with van der Waals surface area (Å²) in [6, 6.07) is 2.12. The van der Waals surface area contributed by atoms with Gasteiger partial charge in [-0.1, -0.05) is 0 Å². The van der Waals surface area contributed by atoms with Gasteiger partial charge in [-0.05, 0) is 30.4 Å². The van der Waals surface area contributed by atoms with E-state index in [4.69, 9.17) is 4.74 Å². The minimum atomic E-state index is 0. The van der Waals surface area contributed by atoms with Crippen molar-refractivity contribution in [2.24, 2.45) is 4.99 Å². The number of halogens is 1. The number of thiophene rings is 1. The largest absolute Gasteiger partial charge is 0.379 e. The number of carbonyl (C=O) groups excluding carboxylic acids is 1. The number of nitrogens with one attached hydrogen (secondary N) is 2. The minimum Gasteiger partial charge on any atom is -0.379 e. The third kappa shape index (κ3) is 6.88. The molecule has 9 heteroatoms. The van der Waals surface area contributed by atoms with Crippen LogP contribution in [0.4, 0.5) is 0 Å². The van der Waals surface area contributed by atoms with Gasteiger partial charge in [-0.2, -0.15) is 0 Å². The van der Waals surface area contributed by atoms with Gasteiger partial charge in [0.15, 0.2) is 5.96 Å². The van der Waals surface area contributed by atoms with Crippen LogP contribution in [0.25, 0.3) is 0 Å². The molecule has 1 fully saturated rings. The van der Waals surface area contributed by atoms with Crippen molar-refractivity contribution in [3.63, 3.8) is 0 Å². The molecule has 1 aromatic heterocycles. The molecule has 2 aliphatic heterocycles. The Balaban J connectivity index is 0.00000261. The van der Waals surface area contributed by atoms with Gasteiger partial charge in [0.2, 0.25) is 5.91 Å². The van der Waals surface area contributed by atoms with Crippen molar-refractivity contribution in [2.75, 3.05) is 59.0 Å². The molecule has 0 radical (unpaired) electrons. The number of guanidine groups is 1. The maximum atomic E-state index is 12.5. The van der Waals surface area contributed by atoms with Crippen LogP contribution in [0, 0.1) is 0 Å². The predicted molar refractivity (Wildman–Crippen MR) is 120 cm³/mol. The zero-order valence-corrected chi connectivity index (χ0v) is 19.1. The third-order valence-corrected chi connectivity index (χ3v) is 5.72. The van der Waals surface area contributed by atoms with Gasteiger partial charge in [0.1, 0.15) is 6.54 Å². The average Bonchev–Trinajstić information content (AvgIpc) is 3.14. The van der Waals surface area contributed by atoms with Crippen LogP contribution in [-0.2, 0) is 22.5 Å². The summed E-state index contributed by atoms with van der Waals surface area (Å²) < 4.78 is 5.37. The highest BCUT2D eigenvalue weighted by atomic mass is 127. The normalized spacial score (nSPS) is 17.8. The number of fused-ring (bicyclic) bond motifs is 1. The lowest BCUT2D eigenvalue weighted by Crippen LogP contribution is -2.45. The van der Waals surface area contributed by atoms with Crippen molar-refractivity contribution in [3.8, 4) is 0 Å². The Morgan fingerprint density at radius 1 is 1.30 bits per heavy atom. The molecule has 3 rings (SSSR count). The van der Waals surface area contributed by atoms with Gasteiger partial charge in [-0.3, -0.25) is 9.69 Å². The molecule has 2 aliphatic rings. The molecule has 27 heavy (non-hydrogen) atoms. The Morgan fingerprint density at radius 3 is 2.89 bits per heavy atom. The number of nitrogens with zero attached hydrogens (tertiary/aromatic N) is 3. The van der Waals surface area contributed by atoms with Crippen LogP contribution in [0.1, 0.15) is 17.4 Å². The van der Waals surface area contributed by atoms with Crippen LogP contribution in [0.5, 0.6) is 0 Å². The standard InChI is InChI=1S/C18H29N5O2S.HI/c1-2-19-18(20-5-7-22-8-10-25-11-9-22)21-13-17(24)23-6-3-16-15(14-23)4-12-26-16;/h4,12H,2-3,5-11,13-14H2,1H3,(H2,19,20,21);1H. The van der Waals surface area contributed by atoms with E-state index in [0.29, 0.717) is 12.5 Å². The van der Waals surface area contributed by atoms with Gasteiger partial charge in [-0.25, -0.2) is 4.99 Å². The summed E-state index contributed by atoms with van der Waals surface area (Å²) in [5, 5.41) is 8.65. The lowest BCUT2D eigenvalue weighted by molar-refractivity contribution is -0.130. The smallest absolute Gasteiger partial charge is 0.244 e. The summed E-state index contributed by atoms with van der Waals surface area (Å²) in [4.78, 5) is 22.7. The number of ether oxygens (including phenoxy) is 1. The van der Waals surface area contributed by atoms with Gasteiger partial charge in [0.25, 0.3) is 0 Å². The molecule has 0 aromatic carbocycles. The van der Waals surface area contributed by atoms with Crippen molar-refractivity contribution in [2.45, 2.75) is 19.9 Å². The molecule has 0 unspecified atom stereocenters. The number of amides is 1. The first-order valence-electron chi connectivity index (χ1n) is 9.41. The van der Waals surface area contributed by atoms with Gasteiger partial charge < -0.3 is 20.3 Å². The zero-order chi connectivity index (χ0) is 18.2. The van der Waals surface area contributed by atoms with Crippen molar-refractivity contribution in [1.29, 1.82) is 0 Å². The molecular weight excluding hydrogens is 477 g/mol. The third-order valence-electron chi connectivity index (χ3n) is 4.70. The van der Waals surface area contributed by atoms with E-state index in [9.17, 15) is 4.79 Å². The molecule has 2 N–H and O–H groups in total. The molecule has 0 aliphatic carbocycles. The Hall–Kier alpha value is -0.910. The summed E-state index contributed by atoms with van der Waals surface area (Å²) >= 11 is 1.79. The van der Waals surface area contributed by atoms with Crippen LogP contribution in [0.15, 0.2) is 16.4 Å². The number of hydrogen-bond acceptors (Lipinski definition) is 5. The Kier molecular flexibility index (Phi) is 9.80. The second kappa shape index (κ2) is 11.8. The molecule has 1 saturated heterocycles. The van der Waals surface area contributed by atoms with Crippen molar-refractivity contribution in [1.82, 2.24) is 20.4 Å². The molecule has 1 amide bonds. The predicted octanol–water partition coefficient (Wildman–Crippen LogP) is 1.14. The number of aliphatic imine (C=N–C) groups is 1. The fourth-order valence-electron chi connectivity index (χ4n) is 3.21. The monoisotopic (exact) mass is 507 g/mol. The molecule has 7 nitrogen and oxygen atoms in total. The molecule has 1 aromatic rings. The van der Waals surface area contributed by atoms with Crippen LogP contribution in [0.2, 0.25) is 0 Å². The van der Waals surface area contributed by atoms with E-state index in [-0.39, 0.29) is 36.4 Å². The zero-order valence-electron chi connectivity index (χ0n) is 15.9. The summed E-state index contributed by atoms with van der Waals surface area (Å²) in [6.07, 6.45) is 0.959. The van der Waals surface area contributed by atoms with Crippen molar-refractivity contribution >= 4 is 47.2 Å². The fourth-order valence-corrected chi connectivity index (χ4v) is 4.10. The highest BCUT2D eigenvalue weighted by Crippen LogP contribution is 2.23. The van der Waals surface area contributed by atoms with E-state index in [1.807, 2.05) is 11.8 Å². The molecule has 0 spiro atoms. The molecular formula is C18H30IN5O2S. The Labute approximate surface area is 182 Å². The second-order valence-corrected chi connectivity index (χ2v) is 7.51. The van der Waals surface area contributed by atoms with Crippen LogP contribution < -0.4 is 10.6 Å². The van der Waals surface area contributed by atoms with Crippen LogP contribution in [-0.4, -0.2) is 80.7 Å². The molecule has 0 bridgehead atoms. The summed E-state index contributed by atoms with van der Waals surface area (Å²) in [5.41, 5.74) is 1.29. The Morgan fingerprint density at radius 2 is 2.11 bits per heavy atom. The van der Waals surface area contributed by atoms with Crippen molar-refractivity contribution < 1.29 is 9.53 Å². The number of rotatable bonds is 6. The molecule has 0 atom stereocenters. The van der Waals surface area contributed by atoms with E-state index in [1.165, 1.54) is 10.4 Å². The summed E-state index contributed by atoms with van der Waals surface area (Å²) in [5.74, 6) is 0.801. The van der Waals surface area contributed by atoms with Crippen molar-refractivity contribution in [3.05, 3.63) is 21.9 Å². The lowest BCUT2D eigenvalue weighted by Gasteiger charge is -2.27. The van der Waals surface area contributed by atoms with Crippen LogP contribution >= 0.6 is 35.3 Å². The number of morpholine rings is 1. The van der Waals surface area contributed by atoms with Gasteiger partial charge >= 0.3 is 0 Å². The van der Waals surface area contributed by atoms with E-state index in [0.717, 1.165) is 58.9 Å². The van der Waals surface area contributed by atoms with E-state index < -0.39 is 0 Å². The first kappa shape index (κ1) is 22.4. The molecule has 3 heterocycles. The SMILES string of the molecule is CCNC(=NCC(=O)N1CCc2sccc2C1)NCCN1CCOCC1.I. The quantitative estimate of drug-likeness (QED) is 0.344. The highest BCUT2D eigenvalue weighted by molar-refractivity contribution is 14.0. The number of hydrogen-bond donors (Lipinski definition) is 2. The van der Waals surface area contributed by atoms with Crippen LogP contribution in [0.3, 0.4) is 0 Å².